The molecule has 0 aliphatic heterocycles. The first-order valence-electron chi connectivity index (χ1n) is 4.28. The lowest BCUT2D eigenvalue weighted by atomic mass is 10.4. The quantitative estimate of drug-likeness (QED) is 0.564. The molecule has 0 aromatic heterocycles. The molecule has 0 spiro atoms. The molecule has 0 heterocycles. The van der Waals surface area contributed by atoms with Crippen LogP contribution in [-0.4, -0.2) is 51.6 Å². The number of hydrogen-bond donors (Lipinski definition) is 2. The summed E-state index contributed by atoms with van der Waals surface area (Å²) in [4.78, 5) is 10.8. The number of carbonyl (C=O) groups excluding carboxylic acids is 1. The molecule has 3 N–H and O–H groups in total. The highest BCUT2D eigenvalue weighted by Crippen LogP contribution is 1.98. The molecule has 0 fully saturated rings. The zero-order chi connectivity index (χ0) is 11.2. The predicted octanol–water partition coefficient (Wildman–Crippen LogP) is -1.66. The molecule has 0 saturated carbocycles. The fraction of sp³-hybridized carbons (Fsp3) is 0.857. The maximum atomic E-state index is 11.3. The Morgan fingerprint density at radius 1 is 1.50 bits per heavy atom. The van der Waals surface area contributed by atoms with Gasteiger partial charge in [-0.1, -0.05) is 0 Å². The molecule has 0 aliphatic carbocycles. The Balaban J connectivity index is 4.08. The molecule has 0 rings (SSSR count). The molecule has 0 aromatic rings. The summed E-state index contributed by atoms with van der Waals surface area (Å²) in [7, 11) is -0.337. The normalized spacial score (nSPS) is 11.7. The number of nitrogens with one attached hydrogen (secondary N) is 1. The van der Waals surface area contributed by atoms with Crippen molar-refractivity contribution >= 4 is 15.9 Å². The summed E-state index contributed by atoms with van der Waals surface area (Å²) in [6.45, 7) is 0.272. The van der Waals surface area contributed by atoms with Crippen molar-refractivity contribution < 1.29 is 13.2 Å². The molecule has 1 amide bonds. The van der Waals surface area contributed by atoms with Crippen molar-refractivity contribution in [1.29, 1.82) is 0 Å². The summed E-state index contributed by atoms with van der Waals surface area (Å²) < 4.78 is 23.8. The van der Waals surface area contributed by atoms with E-state index in [1.165, 1.54) is 14.1 Å². The Bertz CT molecular complexity index is 276. The van der Waals surface area contributed by atoms with E-state index in [1.54, 1.807) is 0 Å². The van der Waals surface area contributed by atoms with Crippen molar-refractivity contribution in [2.75, 3.05) is 32.9 Å². The summed E-state index contributed by atoms with van der Waals surface area (Å²) in [6.07, 6.45) is 0.163. The number of hydrogen-bond acceptors (Lipinski definition) is 4. The summed E-state index contributed by atoms with van der Waals surface area (Å²) in [5.74, 6) is -0.267. The van der Waals surface area contributed by atoms with Crippen LogP contribution in [0.15, 0.2) is 0 Å². The smallest absolute Gasteiger partial charge is 0.221 e. The van der Waals surface area contributed by atoms with Crippen LogP contribution in [0.2, 0.25) is 0 Å². The topological polar surface area (TPSA) is 92.5 Å². The first-order valence-corrected chi connectivity index (χ1v) is 5.89. The second-order valence-corrected chi connectivity index (χ2v) is 5.04. The van der Waals surface area contributed by atoms with Crippen molar-refractivity contribution in [2.24, 2.45) is 5.73 Å². The minimum absolute atomic E-state index is 0.0861. The van der Waals surface area contributed by atoms with E-state index >= 15 is 0 Å². The largest absolute Gasteiger partial charge is 0.359 e. The molecule has 0 atom stereocenters. The van der Waals surface area contributed by atoms with E-state index in [1.807, 2.05) is 0 Å². The number of carbonyl (C=O) groups is 1. The van der Waals surface area contributed by atoms with Crippen LogP contribution in [-0.2, 0) is 14.8 Å². The SMILES string of the molecule is CNC(=O)CCN(C)S(=O)(=O)CCN. The Morgan fingerprint density at radius 2 is 2.07 bits per heavy atom. The van der Waals surface area contributed by atoms with Crippen LogP contribution in [0.5, 0.6) is 0 Å². The van der Waals surface area contributed by atoms with Gasteiger partial charge in [-0.15, -0.1) is 0 Å². The zero-order valence-corrected chi connectivity index (χ0v) is 9.30. The molecule has 0 aromatic carbocycles. The number of nitrogens with zero attached hydrogens (tertiary/aromatic N) is 1. The average molecular weight is 223 g/mol. The highest BCUT2D eigenvalue weighted by Gasteiger charge is 2.16. The van der Waals surface area contributed by atoms with Crippen molar-refractivity contribution in [2.45, 2.75) is 6.42 Å². The van der Waals surface area contributed by atoms with E-state index in [0.717, 1.165) is 4.31 Å². The first kappa shape index (κ1) is 13.3. The van der Waals surface area contributed by atoms with E-state index in [4.69, 9.17) is 5.73 Å². The van der Waals surface area contributed by atoms with Gasteiger partial charge in [-0.25, -0.2) is 12.7 Å². The van der Waals surface area contributed by atoms with Gasteiger partial charge in [-0.3, -0.25) is 4.79 Å². The highest BCUT2D eigenvalue weighted by atomic mass is 32.2. The van der Waals surface area contributed by atoms with Gasteiger partial charge in [-0.2, -0.15) is 0 Å². The highest BCUT2D eigenvalue weighted by molar-refractivity contribution is 7.89. The van der Waals surface area contributed by atoms with Gasteiger partial charge in [0.1, 0.15) is 0 Å². The fourth-order valence-electron chi connectivity index (χ4n) is 0.828. The Kier molecular flexibility index (Phi) is 5.66. The van der Waals surface area contributed by atoms with Gasteiger partial charge in [0, 0.05) is 33.6 Å². The second-order valence-electron chi connectivity index (χ2n) is 2.85. The standard InChI is InChI=1S/C7H17N3O3S/c1-9-7(11)3-5-10(2)14(12,13)6-4-8/h3-6,8H2,1-2H3,(H,9,11). The van der Waals surface area contributed by atoms with E-state index in [2.05, 4.69) is 5.32 Å². The zero-order valence-electron chi connectivity index (χ0n) is 8.49. The van der Waals surface area contributed by atoms with Crippen molar-refractivity contribution in [3.63, 3.8) is 0 Å². The minimum Gasteiger partial charge on any atom is -0.359 e. The van der Waals surface area contributed by atoms with Crippen LogP contribution in [0, 0.1) is 0 Å². The van der Waals surface area contributed by atoms with E-state index in [0.29, 0.717) is 0 Å². The molecule has 7 heteroatoms. The fourth-order valence-corrected chi connectivity index (χ4v) is 1.81. The molecule has 0 radical (unpaired) electrons. The molecule has 0 unspecified atom stereocenters. The number of nitrogens with two attached hydrogens (primary N) is 1. The monoisotopic (exact) mass is 223 g/mol. The number of amides is 1. The Morgan fingerprint density at radius 3 is 2.50 bits per heavy atom. The maximum absolute atomic E-state index is 11.3. The second kappa shape index (κ2) is 5.94. The van der Waals surface area contributed by atoms with Crippen LogP contribution in [0.4, 0.5) is 0 Å². The average Bonchev–Trinajstić information content (AvgIpc) is 2.13. The molecule has 6 nitrogen and oxygen atoms in total. The summed E-state index contributed by atoms with van der Waals surface area (Å²) in [5.41, 5.74) is 5.15. The van der Waals surface area contributed by atoms with Crippen molar-refractivity contribution in [1.82, 2.24) is 9.62 Å². The Labute approximate surface area is 84.5 Å². The summed E-state index contributed by atoms with van der Waals surface area (Å²) in [6, 6.07) is 0. The first-order chi connectivity index (χ1) is 6.44. The van der Waals surface area contributed by atoms with Crippen LogP contribution in [0.25, 0.3) is 0 Å². The third kappa shape index (κ3) is 4.54. The van der Waals surface area contributed by atoms with Gasteiger partial charge in [0.2, 0.25) is 15.9 Å². The van der Waals surface area contributed by atoms with Gasteiger partial charge in [0.05, 0.1) is 5.75 Å². The van der Waals surface area contributed by atoms with E-state index in [9.17, 15) is 13.2 Å². The van der Waals surface area contributed by atoms with Crippen LogP contribution < -0.4 is 11.1 Å². The lowest BCUT2D eigenvalue weighted by Crippen LogP contribution is -2.34. The number of rotatable bonds is 6. The van der Waals surface area contributed by atoms with Crippen LogP contribution in [0.1, 0.15) is 6.42 Å². The maximum Gasteiger partial charge on any atom is 0.221 e. The molecular weight excluding hydrogens is 206 g/mol. The summed E-state index contributed by atoms with van der Waals surface area (Å²) in [5, 5.41) is 2.42. The van der Waals surface area contributed by atoms with Gasteiger partial charge in [0.15, 0.2) is 0 Å². The molecule has 84 valence electrons. The van der Waals surface area contributed by atoms with Gasteiger partial charge >= 0.3 is 0 Å². The lowest BCUT2D eigenvalue weighted by Gasteiger charge is -2.15. The molecular formula is C7H17N3O3S. The molecule has 0 aliphatic rings. The van der Waals surface area contributed by atoms with E-state index in [-0.39, 0.29) is 31.2 Å². The van der Waals surface area contributed by atoms with Crippen LogP contribution in [0.3, 0.4) is 0 Å². The summed E-state index contributed by atoms with van der Waals surface area (Å²) >= 11 is 0. The van der Waals surface area contributed by atoms with Crippen LogP contribution >= 0.6 is 0 Å². The van der Waals surface area contributed by atoms with Crippen molar-refractivity contribution in [3.8, 4) is 0 Å². The van der Waals surface area contributed by atoms with Crippen molar-refractivity contribution in [3.05, 3.63) is 0 Å². The third-order valence-corrected chi connectivity index (χ3v) is 3.67. The number of sulfonamides is 1. The van der Waals surface area contributed by atoms with Gasteiger partial charge in [0.25, 0.3) is 0 Å². The Hall–Kier alpha value is -0.660. The lowest BCUT2D eigenvalue weighted by molar-refractivity contribution is -0.120. The van der Waals surface area contributed by atoms with Gasteiger partial charge < -0.3 is 11.1 Å². The third-order valence-electron chi connectivity index (χ3n) is 1.78. The predicted molar refractivity (Wildman–Crippen MR) is 54.2 cm³/mol. The van der Waals surface area contributed by atoms with E-state index < -0.39 is 10.0 Å². The minimum atomic E-state index is -3.29. The van der Waals surface area contributed by atoms with Gasteiger partial charge in [-0.05, 0) is 0 Å². The molecule has 0 bridgehead atoms. The molecule has 0 saturated heterocycles. The molecule has 14 heavy (non-hydrogen) atoms.